The number of hydrogen-bond acceptors (Lipinski definition) is 3. The Morgan fingerprint density at radius 2 is 2.05 bits per heavy atom. The van der Waals surface area contributed by atoms with Gasteiger partial charge in [0.05, 0.1) is 7.11 Å². The zero-order chi connectivity index (χ0) is 14.0. The second kappa shape index (κ2) is 5.73. The summed E-state index contributed by atoms with van der Waals surface area (Å²) in [6.07, 6.45) is 1.80. The summed E-state index contributed by atoms with van der Waals surface area (Å²) in [4.78, 5) is 12.1. The molecule has 0 spiro atoms. The lowest BCUT2D eigenvalue weighted by Crippen LogP contribution is -2.26. The van der Waals surface area contributed by atoms with Crippen LogP contribution in [0.1, 0.15) is 23.2 Å². The van der Waals surface area contributed by atoms with Crippen LogP contribution in [-0.2, 0) is 0 Å². The van der Waals surface area contributed by atoms with Gasteiger partial charge in [0.2, 0.25) is 0 Å². The van der Waals surface area contributed by atoms with Crippen molar-refractivity contribution in [2.24, 2.45) is 0 Å². The number of carbonyl (C=O) groups excluding carboxylic acids is 1. The maximum absolute atomic E-state index is 12.4. The maximum atomic E-state index is 12.4. The van der Waals surface area contributed by atoms with E-state index >= 15 is 0 Å². The van der Waals surface area contributed by atoms with Crippen LogP contribution in [0.15, 0.2) is 16.6 Å². The van der Waals surface area contributed by atoms with Crippen LogP contribution < -0.4 is 14.8 Å². The van der Waals surface area contributed by atoms with Crippen molar-refractivity contribution >= 4 is 21.8 Å². The van der Waals surface area contributed by atoms with Gasteiger partial charge in [-0.15, -0.1) is 0 Å². The Morgan fingerprint density at radius 1 is 1.42 bits per heavy atom. The molecule has 2 rings (SSSR count). The minimum atomic E-state index is -3.01. The minimum absolute atomic E-state index is 0.0158. The number of benzene rings is 1. The fraction of sp³-hybridized carbons (Fsp3) is 0.417. The monoisotopic (exact) mass is 335 g/mol. The van der Waals surface area contributed by atoms with Gasteiger partial charge in [0, 0.05) is 10.5 Å². The van der Waals surface area contributed by atoms with Crippen LogP contribution in [0, 0.1) is 0 Å². The smallest absolute Gasteiger partial charge is 0.387 e. The molecule has 1 amide bonds. The number of nitrogens with one attached hydrogen (secondary N) is 1. The van der Waals surface area contributed by atoms with Gasteiger partial charge in [0.15, 0.2) is 0 Å². The molecule has 4 nitrogen and oxygen atoms in total. The number of amides is 1. The lowest BCUT2D eigenvalue weighted by molar-refractivity contribution is -0.0503. The normalized spacial score (nSPS) is 14.4. The number of alkyl halides is 2. The van der Waals surface area contributed by atoms with Crippen LogP contribution in [0.25, 0.3) is 0 Å². The van der Waals surface area contributed by atoms with Gasteiger partial charge in [-0.3, -0.25) is 4.79 Å². The van der Waals surface area contributed by atoms with Gasteiger partial charge in [-0.25, -0.2) is 0 Å². The van der Waals surface area contributed by atoms with Gasteiger partial charge in [0.1, 0.15) is 17.1 Å². The van der Waals surface area contributed by atoms with Crippen molar-refractivity contribution in [2.45, 2.75) is 25.5 Å². The zero-order valence-electron chi connectivity index (χ0n) is 10.1. The van der Waals surface area contributed by atoms with Gasteiger partial charge >= 0.3 is 6.61 Å². The van der Waals surface area contributed by atoms with E-state index < -0.39 is 12.5 Å². The molecule has 1 aromatic rings. The summed E-state index contributed by atoms with van der Waals surface area (Å²) < 4.78 is 34.7. The SMILES string of the molecule is COc1cc(Br)cc(OC(F)F)c1C(=O)NC1CC1. The maximum Gasteiger partial charge on any atom is 0.387 e. The van der Waals surface area contributed by atoms with Gasteiger partial charge in [-0.2, -0.15) is 8.78 Å². The fourth-order valence-electron chi connectivity index (χ4n) is 1.62. The molecule has 0 atom stereocenters. The first-order valence-corrected chi connectivity index (χ1v) is 6.43. The second-order valence-corrected chi connectivity index (χ2v) is 5.02. The summed E-state index contributed by atoms with van der Waals surface area (Å²) in [6.45, 7) is -3.01. The number of rotatable bonds is 5. The predicted molar refractivity (Wildman–Crippen MR) is 67.8 cm³/mol. The number of halogens is 3. The van der Waals surface area contributed by atoms with Crippen LogP contribution >= 0.6 is 15.9 Å². The molecular weight excluding hydrogens is 324 g/mol. The molecule has 0 unspecified atom stereocenters. The first-order valence-electron chi connectivity index (χ1n) is 5.64. The van der Waals surface area contributed by atoms with E-state index in [4.69, 9.17) is 4.74 Å². The standard InChI is InChI=1S/C12H12BrF2NO3/c1-18-8-4-6(13)5-9(19-12(14)15)10(8)11(17)16-7-2-3-7/h4-5,7,12H,2-3H2,1H3,(H,16,17). The van der Waals surface area contributed by atoms with E-state index in [1.54, 1.807) is 0 Å². The Morgan fingerprint density at radius 3 is 2.58 bits per heavy atom. The van der Waals surface area contributed by atoms with Crippen LogP contribution in [0.2, 0.25) is 0 Å². The molecule has 104 valence electrons. The fourth-order valence-corrected chi connectivity index (χ4v) is 2.03. The summed E-state index contributed by atoms with van der Waals surface area (Å²) in [5, 5.41) is 2.72. The topological polar surface area (TPSA) is 47.6 Å². The number of methoxy groups -OCH3 is 1. The molecule has 0 aromatic heterocycles. The van der Waals surface area contributed by atoms with Crippen LogP contribution in [0.4, 0.5) is 8.78 Å². The Bertz CT molecular complexity index is 492. The van der Waals surface area contributed by atoms with Gasteiger partial charge in [-0.1, -0.05) is 15.9 Å². The molecule has 7 heteroatoms. The third kappa shape index (κ3) is 3.56. The van der Waals surface area contributed by atoms with E-state index in [2.05, 4.69) is 26.0 Å². The molecule has 1 saturated carbocycles. The Kier molecular flexibility index (Phi) is 4.24. The lowest BCUT2D eigenvalue weighted by atomic mass is 10.1. The number of carbonyl (C=O) groups is 1. The molecule has 0 saturated heterocycles. The van der Waals surface area contributed by atoms with Crippen molar-refractivity contribution in [3.63, 3.8) is 0 Å². The third-order valence-electron chi connectivity index (χ3n) is 2.61. The molecule has 1 N–H and O–H groups in total. The van der Waals surface area contributed by atoms with Crippen LogP contribution in [0.3, 0.4) is 0 Å². The molecule has 0 heterocycles. The van der Waals surface area contributed by atoms with E-state index in [9.17, 15) is 13.6 Å². The minimum Gasteiger partial charge on any atom is -0.496 e. The largest absolute Gasteiger partial charge is 0.496 e. The average Bonchev–Trinajstić information content (AvgIpc) is 3.10. The van der Waals surface area contributed by atoms with E-state index in [1.807, 2.05) is 0 Å². The molecule has 0 bridgehead atoms. The highest BCUT2D eigenvalue weighted by Gasteiger charge is 2.28. The molecular formula is C12H12BrF2NO3. The molecule has 1 fully saturated rings. The van der Waals surface area contributed by atoms with Crippen molar-refractivity contribution in [1.29, 1.82) is 0 Å². The molecule has 0 radical (unpaired) electrons. The highest BCUT2D eigenvalue weighted by molar-refractivity contribution is 9.10. The van der Waals surface area contributed by atoms with Crippen molar-refractivity contribution in [3.8, 4) is 11.5 Å². The quantitative estimate of drug-likeness (QED) is 0.899. The van der Waals surface area contributed by atoms with Gasteiger partial charge in [0.25, 0.3) is 5.91 Å². The van der Waals surface area contributed by atoms with Crippen LogP contribution in [0.5, 0.6) is 11.5 Å². The van der Waals surface area contributed by atoms with Crippen molar-refractivity contribution in [2.75, 3.05) is 7.11 Å². The summed E-state index contributed by atoms with van der Waals surface area (Å²) in [5.74, 6) is -0.495. The van der Waals surface area contributed by atoms with E-state index in [1.165, 1.54) is 19.2 Å². The first-order chi connectivity index (χ1) is 9.01. The third-order valence-corrected chi connectivity index (χ3v) is 3.06. The lowest BCUT2D eigenvalue weighted by Gasteiger charge is -2.14. The second-order valence-electron chi connectivity index (χ2n) is 4.11. The summed E-state index contributed by atoms with van der Waals surface area (Å²) in [7, 11) is 1.36. The van der Waals surface area contributed by atoms with Gasteiger partial charge in [-0.05, 0) is 25.0 Å². The van der Waals surface area contributed by atoms with Crippen molar-refractivity contribution < 1.29 is 23.0 Å². The molecule has 1 aromatic carbocycles. The molecule has 19 heavy (non-hydrogen) atoms. The molecule has 0 aliphatic heterocycles. The highest BCUT2D eigenvalue weighted by atomic mass is 79.9. The highest BCUT2D eigenvalue weighted by Crippen LogP contribution is 2.34. The van der Waals surface area contributed by atoms with Crippen molar-refractivity contribution in [1.82, 2.24) is 5.32 Å². The molecule has 1 aliphatic rings. The van der Waals surface area contributed by atoms with E-state index in [0.717, 1.165) is 12.8 Å². The van der Waals surface area contributed by atoms with Crippen LogP contribution in [-0.4, -0.2) is 25.7 Å². The van der Waals surface area contributed by atoms with Gasteiger partial charge < -0.3 is 14.8 Å². The Balaban J connectivity index is 2.37. The summed E-state index contributed by atoms with van der Waals surface area (Å²) in [5.41, 5.74) is -0.0158. The zero-order valence-corrected chi connectivity index (χ0v) is 11.7. The van der Waals surface area contributed by atoms with Crippen molar-refractivity contribution in [3.05, 3.63) is 22.2 Å². The number of hydrogen-bond donors (Lipinski definition) is 1. The number of ether oxygens (including phenoxy) is 2. The first kappa shape index (κ1) is 14.0. The summed E-state index contributed by atoms with van der Waals surface area (Å²) >= 11 is 3.15. The summed E-state index contributed by atoms with van der Waals surface area (Å²) in [6, 6.07) is 2.96. The average molecular weight is 336 g/mol. The predicted octanol–water partition coefficient (Wildman–Crippen LogP) is 2.95. The van der Waals surface area contributed by atoms with E-state index in [0.29, 0.717) is 4.47 Å². The Hall–Kier alpha value is -1.37. The molecule has 1 aliphatic carbocycles. The van der Waals surface area contributed by atoms with E-state index in [-0.39, 0.29) is 23.1 Å². The Labute approximate surface area is 117 Å².